The highest BCUT2D eigenvalue weighted by Crippen LogP contribution is 2.35. The molecule has 0 radical (unpaired) electrons. The fraction of sp³-hybridized carbons (Fsp3) is 0.545. The van der Waals surface area contributed by atoms with Crippen LogP contribution in [0.1, 0.15) is 53.9 Å². The molecule has 0 saturated heterocycles. The van der Waals surface area contributed by atoms with E-state index in [1.165, 1.54) is 37.7 Å². The maximum atomic E-state index is 10.7. The third-order valence-corrected chi connectivity index (χ3v) is 3.68. The summed E-state index contributed by atoms with van der Waals surface area (Å²) in [4.78, 5) is 10.7. The van der Waals surface area contributed by atoms with Crippen molar-refractivity contribution in [1.29, 1.82) is 0 Å². The summed E-state index contributed by atoms with van der Waals surface area (Å²) in [5.41, 5.74) is 2.23. The molecule has 2 heteroatoms. The maximum Gasteiger partial charge on any atom is 0.151 e. The minimum atomic E-state index is 0.667. The number of carbonyl (C=O) groups excluding carboxylic acids is 1. The van der Waals surface area contributed by atoms with Crippen LogP contribution in [0.2, 0.25) is 0 Å². The van der Waals surface area contributed by atoms with Crippen LogP contribution in [0.15, 0.2) is 10.8 Å². The summed E-state index contributed by atoms with van der Waals surface area (Å²) < 4.78 is 0. The molecule has 0 atom stereocenters. The van der Waals surface area contributed by atoms with Gasteiger partial charge < -0.3 is 0 Å². The summed E-state index contributed by atoms with van der Waals surface area (Å²) in [7, 11) is 0. The Morgan fingerprint density at radius 2 is 2.00 bits per heavy atom. The zero-order valence-electron chi connectivity index (χ0n) is 7.66. The molecule has 0 unspecified atom stereocenters. The van der Waals surface area contributed by atoms with Crippen molar-refractivity contribution in [1.82, 2.24) is 0 Å². The maximum absolute atomic E-state index is 10.7. The zero-order valence-corrected chi connectivity index (χ0v) is 8.48. The van der Waals surface area contributed by atoms with Gasteiger partial charge in [0.25, 0.3) is 0 Å². The third kappa shape index (κ3) is 1.83. The van der Waals surface area contributed by atoms with Crippen molar-refractivity contribution < 1.29 is 4.79 Å². The summed E-state index contributed by atoms with van der Waals surface area (Å²) in [6.07, 6.45) is 7.59. The van der Waals surface area contributed by atoms with Gasteiger partial charge in [-0.15, -0.1) is 0 Å². The van der Waals surface area contributed by atoms with Crippen molar-refractivity contribution in [3.05, 3.63) is 21.9 Å². The Balaban J connectivity index is 2.17. The van der Waals surface area contributed by atoms with E-state index in [4.69, 9.17) is 0 Å². The Morgan fingerprint density at radius 1 is 1.23 bits per heavy atom. The fourth-order valence-electron chi connectivity index (χ4n) is 2.16. The molecule has 2 rings (SSSR count). The molecule has 1 nitrogen and oxygen atoms in total. The first-order valence-electron chi connectivity index (χ1n) is 4.93. The molecule has 0 amide bonds. The van der Waals surface area contributed by atoms with E-state index in [0.29, 0.717) is 5.92 Å². The second kappa shape index (κ2) is 4.05. The minimum absolute atomic E-state index is 0.667. The highest BCUT2D eigenvalue weighted by atomic mass is 32.1. The molecule has 0 N–H and O–H groups in total. The van der Waals surface area contributed by atoms with E-state index in [-0.39, 0.29) is 0 Å². The van der Waals surface area contributed by atoms with Gasteiger partial charge in [0, 0.05) is 10.9 Å². The van der Waals surface area contributed by atoms with Crippen LogP contribution in [-0.4, -0.2) is 6.29 Å². The van der Waals surface area contributed by atoms with Gasteiger partial charge >= 0.3 is 0 Å². The first-order chi connectivity index (χ1) is 6.42. The number of carbonyl (C=O) groups is 1. The van der Waals surface area contributed by atoms with Gasteiger partial charge in [-0.1, -0.05) is 19.3 Å². The van der Waals surface area contributed by atoms with E-state index in [1.54, 1.807) is 11.3 Å². The van der Waals surface area contributed by atoms with Crippen molar-refractivity contribution in [3.63, 3.8) is 0 Å². The van der Waals surface area contributed by atoms with E-state index in [2.05, 4.69) is 5.38 Å². The first-order valence-corrected chi connectivity index (χ1v) is 5.87. The van der Waals surface area contributed by atoms with Gasteiger partial charge in [-0.25, -0.2) is 0 Å². The molecule has 0 bridgehead atoms. The number of aldehydes is 1. The van der Waals surface area contributed by atoms with Crippen LogP contribution in [-0.2, 0) is 0 Å². The van der Waals surface area contributed by atoms with Crippen LogP contribution < -0.4 is 0 Å². The van der Waals surface area contributed by atoms with Crippen molar-refractivity contribution in [2.75, 3.05) is 0 Å². The Bertz CT molecular complexity index is 284. The highest BCUT2D eigenvalue weighted by molar-refractivity contribution is 7.08. The van der Waals surface area contributed by atoms with E-state index >= 15 is 0 Å². The molecule has 1 aliphatic carbocycles. The monoisotopic (exact) mass is 194 g/mol. The molecule has 0 aliphatic heterocycles. The predicted molar refractivity (Wildman–Crippen MR) is 55.5 cm³/mol. The minimum Gasteiger partial charge on any atom is -0.298 e. The summed E-state index contributed by atoms with van der Waals surface area (Å²) in [6, 6.07) is 0. The lowest BCUT2D eigenvalue weighted by atomic mass is 9.84. The van der Waals surface area contributed by atoms with Crippen LogP contribution in [0, 0.1) is 0 Å². The molecule has 1 saturated carbocycles. The molecule has 70 valence electrons. The topological polar surface area (TPSA) is 17.1 Å². The van der Waals surface area contributed by atoms with Crippen molar-refractivity contribution in [2.45, 2.75) is 38.0 Å². The standard InChI is InChI=1S/C11H14OS/c12-6-10-7-13-8-11(10)9-4-2-1-3-5-9/h6-9H,1-5H2. The quantitative estimate of drug-likeness (QED) is 0.657. The van der Waals surface area contributed by atoms with Gasteiger partial charge in [0.05, 0.1) is 0 Å². The molecule has 1 heterocycles. The van der Waals surface area contributed by atoms with Crippen LogP contribution in [0.25, 0.3) is 0 Å². The Kier molecular flexibility index (Phi) is 2.79. The highest BCUT2D eigenvalue weighted by Gasteiger charge is 2.18. The SMILES string of the molecule is O=Cc1cscc1C1CCCCC1. The molecule has 0 spiro atoms. The molecular weight excluding hydrogens is 180 g/mol. The second-order valence-electron chi connectivity index (χ2n) is 3.74. The Morgan fingerprint density at radius 3 is 2.69 bits per heavy atom. The molecule has 1 aliphatic rings. The van der Waals surface area contributed by atoms with Crippen molar-refractivity contribution >= 4 is 17.6 Å². The number of hydrogen-bond acceptors (Lipinski definition) is 2. The van der Waals surface area contributed by atoms with Gasteiger partial charge in [-0.2, -0.15) is 11.3 Å². The van der Waals surface area contributed by atoms with Crippen LogP contribution in [0.3, 0.4) is 0 Å². The van der Waals surface area contributed by atoms with Crippen LogP contribution in [0.5, 0.6) is 0 Å². The molecule has 1 fully saturated rings. The number of thiophene rings is 1. The summed E-state index contributed by atoms with van der Waals surface area (Å²) in [5.74, 6) is 0.667. The van der Waals surface area contributed by atoms with Gasteiger partial charge in [-0.3, -0.25) is 4.79 Å². The average molecular weight is 194 g/mol. The smallest absolute Gasteiger partial charge is 0.151 e. The lowest BCUT2D eigenvalue weighted by Crippen LogP contribution is -2.05. The average Bonchev–Trinajstić information content (AvgIpc) is 2.67. The van der Waals surface area contributed by atoms with Gasteiger partial charge in [0.2, 0.25) is 0 Å². The molecule has 1 aromatic heterocycles. The molecule has 0 aromatic carbocycles. The van der Waals surface area contributed by atoms with E-state index in [1.807, 2.05) is 5.38 Å². The fourth-order valence-corrected chi connectivity index (χ4v) is 3.04. The lowest BCUT2D eigenvalue weighted by Gasteiger charge is -2.21. The predicted octanol–water partition coefficient (Wildman–Crippen LogP) is 3.61. The van der Waals surface area contributed by atoms with Gasteiger partial charge in [0.1, 0.15) is 0 Å². The summed E-state index contributed by atoms with van der Waals surface area (Å²) in [6.45, 7) is 0. The largest absolute Gasteiger partial charge is 0.298 e. The summed E-state index contributed by atoms with van der Waals surface area (Å²) >= 11 is 1.65. The number of hydrogen-bond donors (Lipinski definition) is 0. The normalized spacial score (nSPS) is 18.8. The Hall–Kier alpha value is -0.630. The van der Waals surface area contributed by atoms with Crippen LogP contribution >= 0.6 is 11.3 Å². The third-order valence-electron chi connectivity index (χ3n) is 2.90. The zero-order chi connectivity index (χ0) is 9.10. The molecular formula is C11H14OS. The van der Waals surface area contributed by atoms with E-state index in [9.17, 15) is 4.79 Å². The van der Waals surface area contributed by atoms with Gasteiger partial charge in [-0.05, 0) is 29.7 Å². The van der Waals surface area contributed by atoms with Crippen molar-refractivity contribution in [3.8, 4) is 0 Å². The second-order valence-corrected chi connectivity index (χ2v) is 4.48. The van der Waals surface area contributed by atoms with Gasteiger partial charge in [0.15, 0.2) is 6.29 Å². The van der Waals surface area contributed by atoms with Crippen molar-refractivity contribution in [2.24, 2.45) is 0 Å². The first kappa shape index (κ1) is 8.95. The van der Waals surface area contributed by atoms with E-state index in [0.717, 1.165) is 11.8 Å². The summed E-state index contributed by atoms with van der Waals surface area (Å²) in [5, 5.41) is 4.12. The number of rotatable bonds is 2. The lowest BCUT2D eigenvalue weighted by molar-refractivity contribution is 0.112. The van der Waals surface area contributed by atoms with Crippen LogP contribution in [0.4, 0.5) is 0 Å². The molecule has 1 aromatic rings. The Labute approximate surface area is 82.8 Å². The molecule has 13 heavy (non-hydrogen) atoms. The van der Waals surface area contributed by atoms with E-state index < -0.39 is 0 Å².